The molecule has 0 radical (unpaired) electrons. The van der Waals surface area contributed by atoms with Gasteiger partial charge in [-0.3, -0.25) is 9.48 Å². The normalized spacial score (nSPS) is 21.0. The first kappa shape index (κ1) is 10.2. The number of nitrogens with two attached hydrogens (primary N) is 1. The Kier molecular flexibility index (Phi) is 2.48. The van der Waals surface area contributed by atoms with Crippen LogP contribution in [0, 0.1) is 6.92 Å². The first-order chi connectivity index (χ1) is 7.08. The molecule has 0 unspecified atom stereocenters. The highest BCUT2D eigenvalue weighted by molar-refractivity contribution is 5.92. The SMILES string of the molecule is Cc1cc(C(=O)N2CC[C@@H](N)C2)nn1C. The van der Waals surface area contributed by atoms with Crippen LogP contribution in [-0.4, -0.2) is 39.7 Å². The van der Waals surface area contributed by atoms with Crippen LogP contribution in [-0.2, 0) is 7.05 Å². The van der Waals surface area contributed by atoms with E-state index in [0.717, 1.165) is 18.7 Å². The van der Waals surface area contributed by atoms with Gasteiger partial charge in [0.1, 0.15) is 0 Å². The minimum atomic E-state index is -0.00773. The molecule has 1 saturated heterocycles. The van der Waals surface area contributed by atoms with Crippen molar-refractivity contribution < 1.29 is 4.79 Å². The summed E-state index contributed by atoms with van der Waals surface area (Å²) in [5.41, 5.74) is 7.26. The zero-order chi connectivity index (χ0) is 11.0. The number of aromatic nitrogens is 2. The summed E-state index contributed by atoms with van der Waals surface area (Å²) in [6.45, 7) is 3.32. The van der Waals surface area contributed by atoms with Gasteiger partial charge in [-0.05, 0) is 19.4 Å². The van der Waals surface area contributed by atoms with Gasteiger partial charge in [0.2, 0.25) is 0 Å². The smallest absolute Gasteiger partial charge is 0.274 e. The summed E-state index contributed by atoms with van der Waals surface area (Å²) in [6, 6.07) is 1.94. The predicted molar refractivity (Wildman–Crippen MR) is 56.4 cm³/mol. The summed E-state index contributed by atoms with van der Waals surface area (Å²) >= 11 is 0. The Hall–Kier alpha value is -1.36. The molecule has 0 aliphatic carbocycles. The van der Waals surface area contributed by atoms with Crippen molar-refractivity contribution in [3.05, 3.63) is 17.5 Å². The largest absolute Gasteiger partial charge is 0.336 e. The molecule has 82 valence electrons. The topological polar surface area (TPSA) is 64.2 Å². The summed E-state index contributed by atoms with van der Waals surface area (Å²) in [5, 5.41) is 4.16. The van der Waals surface area contributed by atoms with E-state index in [9.17, 15) is 4.79 Å². The third kappa shape index (κ3) is 1.87. The van der Waals surface area contributed by atoms with E-state index in [1.165, 1.54) is 0 Å². The number of nitrogens with zero attached hydrogens (tertiary/aromatic N) is 3. The standard InChI is InChI=1S/C10H16N4O/c1-7-5-9(12-13(7)2)10(15)14-4-3-8(11)6-14/h5,8H,3-4,6,11H2,1-2H3/t8-/m1/s1. The summed E-state index contributed by atoms with van der Waals surface area (Å²) in [6.07, 6.45) is 0.886. The van der Waals surface area contributed by atoms with Gasteiger partial charge in [0.15, 0.2) is 5.69 Å². The Morgan fingerprint density at radius 3 is 2.87 bits per heavy atom. The molecular formula is C10H16N4O. The van der Waals surface area contributed by atoms with Crippen LogP contribution in [0.15, 0.2) is 6.07 Å². The minimum Gasteiger partial charge on any atom is -0.336 e. The molecule has 5 nitrogen and oxygen atoms in total. The molecule has 5 heteroatoms. The molecule has 0 spiro atoms. The van der Waals surface area contributed by atoms with Crippen LogP contribution in [0.5, 0.6) is 0 Å². The molecule has 2 rings (SSSR count). The van der Waals surface area contributed by atoms with Crippen LogP contribution in [0.2, 0.25) is 0 Å². The molecule has 2 heterocycles. The Balaban J connectivity index is 2.14. The molecule has 1 aromatic rings. The zero-order valence-electron chi connectivity index (χ0n) is 9.10. The number of hydrogen-bond acceptors (Lipinski definition) is 3. The second kappa shape index (κ2) is 3.66. The molecule has 1 aliphatic heterocycles. The summed E-state index contributed by atoms with van der Waals surface area (Å²) in [4.78, 5) is 13.7. The van der Waals surface area contributed by atoms with Gasteiger partial charge in [-0.2, -0.15) is 5.10 Å². The van der Waals surface area contributed by atoms with E-state index < -0.39 is 0 Å². The van der Waals surface area contributed by atoms with Gasteiger partial charge in [0.25, 0.3) is 5.91 Å². The average Bonchev–Trinajstić information content (AvgIpc) is 2.74. The van der Waals surface area contributed by atoms with E-state index >= 15 is 0 Å². The van der Waals surface area contributed by atoms with E-state index in [1.54, 1.807) is 9.58 Å². The maximum Gasteiger partial charge on any atom is 0.274 e. The van der Waals surface area contributed by atoms with Crippen LogP contribution in [0.1, 0.15) is 22.6 Å². The zero-order valence-corrected chi connectivity index (χ0v) is 9.10. The lowest BCUT2D eigenvalue weighted by Gasteiger charge is -2.13. The monoisotopic (exact) mass is 208 g/mol. The Labute approximate surface area is 88.8 Å². The molecule has 1 amide bonds. The summed E-state index contributed by atoms with van der Waals surface area (Å²) < 4.78 is 1.71. The Morgan fingerprint density at radius 1 is 1.67 bits per heavy atom. The third-order valence-corrected chi connectivity index (χ3v) is 2.84. The highest BCUT2D eigenvalue weighted by Gasteiger charge is 2.26. The van der Waals surface area contributed by atoms with Crippen molar-refractivity contribution in [3.63, 3.8) is 0 Å². The van der Waals surface area contributed by atoms with Crippen molar-refractivity contribution in [2.24, 2.45) is 12.8 Å². The average molecular weight is 208 g/mol. The molecule has 0 bridgehead atoms. The lowest BCUT2D eigenvalue weighted by atomic mass is 10.3. The van der Waals surface area contributed by atoms with Crippen LogP contribution in [0.4, 0.5) is 0 Å². The molecule has 0 saturated carbocycles. The fraction of sp³-hybridized carbons (Fsp3) is 0.600. The number of aryl methyl sites for hydroxylation is 2. The minimum absolute atomic E-state index is 0.00773. The van der Waals surface area contributed by atoms with Gasteiger partial charge >= 0.3 is 0 Å². The number of likely N-dealkylation sites (tertiary alicyclic amines) is 1. The number of carbonyl (C=O) groups is 1. The summed E-state index contributed by atoms with van der Waals surface area (Å²) in [7, 11) is 1.84. The van der Waals surface area contributed by atoms with E-state index in [0.29, 0.717) is 12.2 Å². The highest BCUT2D eigenvalue weighted by atomic mass is 16.2. The fourth-order valence-corrected chi connectivity index (χ4v) is 1.80. The number of carbonyl (C=O) groups excluding carboxylic acids is 1. The molecule has 1 aliphatic rings. The van der Waals surface area contributed by atoms with Gasteiger partial charge in [0, 0.05) is 31.9 Å². The van der Waals surface area contributed by atoms with E-state index in [4.69, 9.17) is 5.73 Å². The van der Waals surface area contributed by atoms with Gasteiger partial charge in [-0.1, -0.05) is 0 Å². The molecule has 15 heavy (non-hydrogen) atoms. The van der Waals surface area contributed by atoms with Crippen molar-refractivity contribution in [2.75, 3.05) is 13.1 Å². The highest BCUT2D eigenvalue weighted by Crippen LogP contribution is 2.12. The Bertz CT molecular complexity index is 365. The van der Waals surface area contributed by atoms with Gasteiger partial charge in [0.05, 0.1) is 0 Å². The van der Waals surface area contributed by atoms with Crippen molar-refractivity contribution in [3.8, 4) is 0 Å². The van der Waals surface area contributed by atoms with Crippen molar-refractivity contribution in [1.82, 2.24) is 14.7 Å². The lowest BCUT2D eigenvalue weighted by Crippen LogP contribution is -2.32. The van der Waals surface area contributed by atoms with Crippen molar-refractivity contribution in [2.45, 2.75) is 19.4 Å². The van der Waals surface area contributed by atoms with Crippen molar-refractivity contribution in [1.29, 1.82) is 0 Å². The molecular weight excluding hydrogens is 192 g/mol. The van der Waals surface area contributed by atoms with Gasteiger partial charge < -0.3 is 10.6 Å². The van der Waals surface area contributed by atoms with Gasteiger partial charge in [-0.25, -0.2) is 0 Å². The Morgan fingerprint density at radius 2 is 2.40 bits per heavy atom. The number of rotatable bonds is 1. The van der Waals surface area contributed by atoms with Crippen LogP contribution < -0.4 is 5.73 Å². The maximum absolute atomic E-state index is 12.0. The van der Waals surface area contributed by atoms with Crippen LogP contribution in [0.3, 0.4) is 0 Å². The molecule has 1 aromatic heterocycles. The second-order valence-electron chi connectivity index (χ2n) is 4.09. The fourth-order valence-electron chi connectivity index (χ4n) is 1.80. The molecule has 2 N–H and O–H groups in total. The quantitative estimate of drug-likeness (QED) is 0.701. The van der Waals surface area contributed by atoms with E-state index in [1.807, 2.05) is 20.0 Å². The van der Waals surface area contributed by atoms with E-state index in [2.05, 4.69) is 5.10 Å². The summed E-state index contributed by atoms with van der Waals surface area (Å²) in [5.74, 6) is -0.00773. The number of amides is 1. The maximum atomic E-state index is 12.0. The van der Waals surface area contributed by atoms with Crippen LogP contribution >= 0.6 is 0 Å². The molecule has 0 aromatic carbocycles. The lowest BCUT2D eigenvalue weighted by molar-refractivity contribution is 0.0784. The van der Waals surface area contributed by atoms with Crippen LogP contribution in [0.25, 0.3) is 0 Å². The third-order valence-electron chi connectivity index (χ3n) is 2.84. The van der Waals surface area contributed by atoms with Crippen molar-refractivity contribution >= 4 is 5.91 Å². The first-order valence-corrected chi connectivity index (χ1v) is 5.13. The van der Waals surface area contributed by atoms with Gasteiger partial charge in [-0.15, -0.1) is 0 Å². The first-order valence-electron chi connectivity index (χ1n) is 5.13. The molecule has 1 atom stereocenters. The predicted octanol–water partition coefficient (Wildman–Crippen LogP) is -0.0983. The number of hydrogen-bond donors (Lipinski definition) is 1. The second-order valence-corrected chi connectivity index (χ2v) is 4.09. The molecule has 1 fully saturated rings. The van der Waals surface area contributed by atoms with E-state index in [-0.39, 0.29) is 11.9 Å².